The second-order valence-corrected chi connectivity index (χ2v) is 10.3. The highest BCUT2D eigenvalue weighted by atomic mass is 19.1. The molecule has 2 aliphatic rings. The van der Waals surface area contributed by atoms with Gasteiger partial charge in [-0.3, -0.25) is 9.29 Å². The number of methoxy groups -OCH3 is 1. The van der Waals surface area contributed by atoms with E-state index in [4.69, 9.17) is 15.2 Å². The summed E-state index contributed by atoms with van der Waals surface area (Å²) in [5, 5.41) is 0. The highest BCUT2D eigenvalue weighted by Crippen LogP contribution is 2.41. The molecule has 4 rings (SSSR count). The Morgan fingerprint density at radius 2 is 1.97 bits per heavy atom. The molecule has 0 aromatic heterocycles. The number of halogens is 1. The number of nitrogen functional groups attached to an aromatic ring is 1. The maximum Gasteiger partial charge on any atom is 0.121 e. The molecule has 0 spiro atoms. The van der Waals surface area contributed by atoms with Crippen LogP contribution in [0.15, 0.2) is 59.9 Å². The molecule has 4 nitrogen and oxygen atoms in total. The normalized spacial score (nSPS) is 19.1. The monoisotopic (exact) mass is 504 g/mol. The first kappa shape index (κ1) is 27.0. The maximum absolute atomic E-state index is 12.5. The van der Waals surface area contributed by atoms with Crippen LogP contribution in [-0.2, 0) is 11.2 Å². The number of hydrogen-bond acceptors (Lipinski definition) is 4. The molecule has 1 heterocycles. The minimum Gasteiger partial charge on any atom is -0.496 e. The van der Waals surface area contributed by atoms with Crippen LogP contribution in [0.1, 0.15) is 61.8 Å². The van der Waals surface area contributed by atoms with Crippen molar-refractivity contribution < 1.29 is 13.9 Å². The van der Waals surface area contributed by atoms with Gasteiger partial charge in [0.05, 0.1) is 19.5 Å². The van der Waals surface area contributed by atoms with Crippen molar-refractivity contribution in [2.45, 2.75) is 59.0 Å². The number of nitrogens with zero attached hydrogens (tertiary/aromatic N) is 1. The van der Waals surface area contributed by atoms with Crippen LogP contribution in [0, 0.1) is 6.92 Å². The third kappa shape index (κ3) is 6.64. The number of ether oxygens (including phenoxy) is 2. The Morgan fingerprint density at radius 3 is 2.73 bits per heavy atom. The number of rotatable bonds is 9. The van der Waals surface area contributed by atoms with Crippen LogP contribution in [0.2, 0.25) is 0 Å². The van der Waals surface area contributed by atoms with Gasteiger partial charge in [-0.25, -0.2) is 0 Å². The van der Waals surface area contributed by atoms with E-state index >= 15 is 0 Å². The van der Waals surface area contributed by atoms with Gasteiger partial charge < -0.3 is 15.2 Å². The maximum atomic E-state index is 12.5. The first-order valence-electron chi connectivity index (χ1n) is 13.5. The molecule has 2 aromatic rings. The SMILES string of the molecule is COc1ccc(C2=C(/C(C)=C/C=C(\C)O[C@H]3CCN(CCCF)C3)c3ccc(N)cc3CCC2)cc1C. The molecule has 0 saturated carbocycles. The van der Waals surface area contributed by atoms with E-state index < -0.39 is 0 Å². The van der Waals surface area contributed by atoms with E-state index in [-0.39, 0.29) is 12.8 Å². The molecular weight excluding hydrogens is 463 g/mol. The number of likely N-dealkylation sites (tertiary alicyclic amines) is 1. The van der Waals surface area contributed by atoms with Crippen LogP contribution in [0.3, 0.4) is 0 Å². The first-order valence-corrected chi connectivity index (χ1v) is 13.5. The zero-order valence-corrected chi connectivity index (χ0v) is 22.8. The van der Waals surface area contributed by atoms with Crippen molar-refractivity contribution >= 4 is 16.8 Å². The standard InChI is InChI=1S/C32H41FN2O2/c1-22(9-10-24(3)37-28-15-18-35(21-28)17-6-16-33)32-29(26-11-14-31(36-4)23(2)19-26)8-5-7-25-20-27(34)12-13-30(25)32/h9-14,19-20,28H,5-8,15-18,21,34H2,1-4H3/b22-9+,24-10+/t28-/m0/s1. The average Bonchev–Trinajstić information content (AvgIpc) is 3.24. The zero-order chi connectivity index (χ0) is 26.4. The number of hydrogen-bond donors (Lipinski definition) is 1. The van der Waals surface area contributed by atoms with E-state index in [1.165, 1.54) is 33.4 Å². The van der Waals surface area contributed by atoms with E-state index in [1.807, 2.05) is 13.0 Å². The second kappa shape index (κ2) is 12.5. The Hall–Kier alpha value is -3.05. The Bertz CT molecular complexity index is 1200. The summed E-state index contributed by atoms with van der Waals surface area (Å²) in [6.07, 6.45) is 9.11. The zero-order valence-electron chi connectivity index (χ0n) is 22.8. The van der Waals surface area contributed by atoms with Crippen molar-refractivity contribution in [2.75, 3.05) is 39.2 Å². The first-order chi connectivity index (χ1) is 17.9. The summed E-state index contributed by atoms with van der Waals surface area (Å²) in [5.74, 6) is 1.82. The number of benzene rings is 2. The summed E-state index contributed by atoms with van der Waals surface area (Å²) < 4.78 is 24.3. The molecule has 198 valence electrons. The Balaban J connectivity index is 1.66. The molecule has 1 saturated heterocycles. The second-order valence-electron chi connectivity index (χ2n) is 10.3. The minimum absolute atomic E-state index is 0.170. The Labute approximate surface area is 221 Å². The summed E-state index contributed by atoms with van der Waals surface area (Å²) in [4.78, 5) is 2.29. The quantitative estimate of drug-likeness (QED) is 0.224. The molecule has 5 heteroatoms. The third-order valence-corrected chi connectivity index (χ3v) is 7.47. The van der Waals surface area contributed by atoms with Gasteiger partial charge in [0.2, 0.25) is 0 Å². The van der Waals surface area contributed by atoms with E-state index in [0.29, 0.717) is 6.42 Å². The molecule has 1 aliphatic heterocycles. The highest BCUT2D eigenvalue weighted by molar-refractivity contribution is 5.99. The lowest BCUT2D eigenvalue weighted by atomic mass is 9.87. The fraction of sp³-hybridized carbons (Fsp3) is 0.438. The fourth-order valence-electron chi connectivity index (χ4n) is 5.62. The number of aryl methyl sites for hydroxylation is 2. The highest BCUT2D eigenvalue weighted by Gasteiger charge is 2.24. The minimum atomic E-state index is -0.255. The molecular formula is C32H41FN2O2. The van der Waals surface area contributed by atoms with Gasteiger partial charge in [-0.15, -0.1) is 0 Å². The van der Waals surface area contributed by atoms with E-state index in [2.05, 4.69) is 61.2 Å². The van der Waals surface area contributed by atoms with Gasteiger partial charge in [-0.1, -0.05) is 18.2 Å². The van der Waals surface area contributed by atoms with Crippen LogP contribution >= 0.6 is 0 Å². The molecule has 1 fully saturated rings. The van der Waals surface area contributed by atoms with Gasteiger partial charge >= 0.3 is 0 Å². The Kier molecular flexibility index (Phi) is 9.09. The van der Waals surface area contributed by atoms with Gasteiger partial charge in [-0.2, -0.15) is 0 Å². The molecule has 0 radical (unpaired) electrons. The molecule has 0 amide bonds. The molecule has 37 heavy (non-hydrogen) atoms. The molecule has 2 N–H and O–H groups in total. The number of anilines is 1. The number of nitrogens with two attached hydrogens (primary N) is 1. The van der Waals surface area contributed by atoms with Gasteiger partial charge in [0.1, 0.15) is 11.9 Å². The molecule has 0 bridgehead atoms. The Morgan fingerprint density at radius 1 is 1.14 bits per heavy atom. The van der Waals surface area contributed by atoms with Gasteiger partial charge in [0.25, 0.3) is 0 Å². The van der Waals surface area contributed by atoms with E-state index in [1.54, 1.807) is 7.11 Å². The van der Waals surface area contributed by atoms with E-state index in [0.717, 1.165) is 68.1 Å². The lowest BCUT2D eigenvalue weighted by Crippen LogP contribution is -2.24. The van der Waals surface area contributed by atoms with Crippen molar-refractivity contribution in [1.82, 2.24) is 4.90 Å². The van der Waals surface area contributed by atoms with E-state index in [9.17, 15) is 4.39 Å². The average molecular weight is 505 g/mol. The summed E-state index contributed by atoms with van der Waals surface area (Å²) in [6, 6.07) is 12.8. The van der Waals surface area contributed by atoms with Crippen molar-refractivity contribution in [3.8, 4) is 5.75 Å². The topological polar surface area (TPSA) is 47.7 Å². The molecule has 2 aromatic carbocycles. The largest absolute Gasteiger partial charge is 0.496 e. The summed E-state index contributed by atoms with van der Waals surface area (Å²) in [7, 11) is 1.72. The van der Waals surface area contributed by atoms with Crippen LogP contribution in [0.5, 0.6) is 5.75 Å². The molecule has 1 atom stereocenters. The summed E-state index contributed by atoms with van der Waals surface area (Å²) in [6.45, 7) is 8.71. The lowest BCUT2D eigenvalue weighted by Gasteiger charge is -2.18. The van der Waals surface area contributed by atoms with Crippen LogP contribution in [-0.4, -0.2) is 44.4 Å². The fourth-order valence-corrected chi connectivity index (χ4v) is 5.62. The number of alkyl halides is 1. The van der Waals surface area contributed by atoms with Crippen LogP contribution in [0.4, 0.5) is 10.1 Å². The number of fused-ring (bicyclic) bond motifs is 1. The lowest BCUT2D eigenvalue weighted by molar-refractivity contribution is 0.121. The van der Waals surface area contributed by atoms with Crippen molar-refractivity contribution in [1.29, 1.82) is 0 Å². The van der Waals surface area contributed by atoms with Gasteiger partial charge in [0.15, 0.2) is 0 Å². The van der Waals surface area contributed by atoms with Crippen molar-refractivity contribution in [3.05, 3.63) is 82.1 Å². The van der Waals surface area contributed by atoms with Crippen molar-refractivity contribution in [3.63, 3.8) is 0 Å². The third-order valence-electron chi connectivity index (χ3n) is 7.47. The van der Waals surface area contributed by atoms with Gasteiger partial charge in [-0.05, 0) is 122 Å². The van der Waals surface area contributed by atoms with Gasteiger partial charge in [0, 0.05) is 25.3 Å². The van der Waals surface area contributed by atoms with Crippen molar-refractivity contribution in [2.24, 2.45) is 0 Å². The van der Waals surface area contributed by atoms with Crippen LogP contribution in [0.25, 0.3) is 11.1 Å². The summed E-state index contributed by atoms with van der Waals surface area (Å²) >= 11 is 0. The van der Waals surface area contributed by atoms with Crippen LogP contribution < -0.4 is 10.5 Å². The predicted molar refractivity (Wildman–Crippen MR) is 152 cm³/mol. The predicted octanol–water partition coefficient (Wildman–Crippen LogP) is 7.13. The molecule has 1 aliphatic carbocycles. The molecule has 0 unspecified atom stereocenters. The summed E-state index contributed by atoms with van der Waals surface area (Å²) in [5.41, 5.74) is 15.8. The smallest absolute Gasteiger partial charge is 0.121 e. The number of allylic oxidation sites excluding steroid dienone is 6.